The molecule has 2 heterocycles. The van der Waals surface area contributed by atoms with E-state index >= 15 is 0 Å². The third-order valence-corrected chi connectivity index (χ3v) is 6.41. The van der Waals surface area contributed by atoms with Crippen LogP contribution in [-0.4, -0.2) is 21.9 Å². The lowest BCUT2D eigenvalue weighted by Crippen LogP contribution is -2.18. The monoisotopic (exact) mass is 412 g/mol. The van der Waals surface area contributed by atoms with Crippen LogP contribution in [0.1, 0.15) is 37.0 Å². The van der Waals surface area contributed by atoms with Gasteiger partial charge in [-0.1, -0.05) is 25.3 Å². The molecule has 3 aromatic rings. The number of non-ortho nitro benzene ring substituents is 1. The number of aromatic nitrogens is 1. The first-order valence-corrected chi connectivity index (χ1v) is 11.0. The maximum absolute atomic E-state index is 10.9. The fraction of sp³-hybridized carbons (Fsp3) is 0.300. The summed E-state index contributed by atoms with van der Waals surface area (Å²) in [6.07, 6.45) is 7.84. The van der Waals surface area contributed by atoms with Crippen LogP contribution in [0.3, 0.4) is 0 Å². The van der Waals surface area contributed by atoms with Gasteiger partial charge in [-0.3, -0.25) is 15.1 Å². The van der Waals surface area contributed by atoms with E-state index in [4.69, 9.17) is 10.1 Å². The number of hydrogen-bond acceptors (Lipinski definition) is 6. The Kier molecular flexibility index (Phi) is 5.78. The highest BCUT2D eigenvalue weighted by Crippen LogP contribution is 2.24. The molecule has 6 nitrogen and oxygen atoms in total. The van der Waals surface area contributed by atoms with Gasteiger partial charge in [-0.15, -0.1) is 22.7 Å². The first-order chi connectivity index (χ1) is 13.7. The molecule has 0 bridgehead atoms. The minimum absolute atomic E-state index is 0.0831. The molecule has 0 unspecified atom stereocenters. The zero-order chi connectivity index (χ0) is 19.3. The standard InChI is InChI=1S/C20H20N4O2S2/c25-24(26)17-10-8-15(9-11-17)19-14-28-20(22-16-5-2-1-3-6-16)23(19)21-13-18-7-4-12-27-18/h4,7-14,16H,1-3,5-6H2. The van der Waals surface area contributed by atoms with E-state index in [9.17, 15) is 10.1 Å². The molecule has 144 valence electrons. The molecule has 8 heteroatoms. The molecule has 1 aromatic carbocycles. The summed E-state index contributed by atoms with van der Waals surface area (Å²) >= 11 is 3.19. The van der Waals surface area contributed by atoms with Crippen molar-refractivity contribution in [1.29, 1.82) is 0 Å². The van der Waals surface area contributed by atoms with E-state index in [1.54, 1.807) is 34.8 Å². The van der Waals surface area contributed by atoms with Crippen molar-refractivity contribution in [1.82, 2.24) is 4.68 Å². The van der Waals surface area contributed by atoms with Gasteiger partial charge in [-0.2, -0.15) is 5.10 Å². The van der Waals surface area contributed by atoms with Crippen LogP contribution in [0.15, 0.2) is 57.3 Å². The number of nitro benzene ring substituents is 1. The van der Waals surface area contributed by atoms with Crippen LogP contribution in [0.2, 0.25) is 0 Å². The Bertz CT molecular complexity index is 1030. The van der Waals surface area contributed by atoms with Crippen LogP contribution >= 0.6 is 22.7 Å². The molecular weight excluding hydrogens is 392 g/mol. The largest absolute Gasteiger partial charge is 0.269 e. The average Bonchev–Trinajstić information content (AvgIpc) is 3.37. The summed E-state index contributed by atoms with van der Waals surface area (Å²) in [5, 5.41) is 19.7. The van der Waals surface area contributed by atoms with Crippen LogP contribution in [0.4, 0.5) is 5.69 Å². The summed E-state index contributed by atoms with van der Waals surface area (Å²) in [4.78, 5) is 17.5. The second-order valence-corrected chi connectivity index (χ2v) is 8.52. The molecule has 2 aromatic heterocycles. The Morgan fingerprint density at radius 1 is 1.11 bits per heavy atom. The SMILES string of the molecule is O=[N+]([O-])c1ccc(-c2csc(=NC3CCCCC3)n2N=Cc2cccs2)cc1. The summed E-state index contributed by atoms with van der Waals surface area (Å²) in [6.45, 7) is 0. The molecule has 1 saturated carbocycles. The molecule has 28 heavy (non-hydrogen) atoms. The van der Waals surface area contributed by atoms with Gasteiger partial charge in [0, 0.05) is 28.0 Å². The number of hydrogen-bond donors (Lipinski definition) is 0. The van der Waals surface area contributed by atoms with E-state index < -0.39 is 0 Å². The highest BCUT2D eigenvalue weighted by atomic mass is 32.1. The second-order valence-electron chi connectivity index (χ2n) is 6.70. The molecule has 4 rings (SSSR count). The van der Waals surface area contributed by atoms with Gasteiger partial charge in [0.1, 0.15) is 0 Å². The van der Waals surface area contributed by atoms with Crippen LogP contribution in [0.5, 0.6) is 0 Å². The lowest BCUT2D eigenvalue weighted by molar-refractivity contribution is -0.384. The van der Waals surface area contributed by atoms with Crippen molar-refractivity contribution in [3.63, 3.8) is 0 Å². The van der Waals surface area contributed by atoms with Gasteiger partial charge >= 0.3 is 0 Å². The van der Waals surface area contributed by atoms with E-state index in [-0.39, 0.29) is 10.6 Å². The number of rotatable bonds is 5. The van der Waals surface area contributed by atoms with Crippen molar-refractivity contribution in [2.45, 2.75) is 38.1 Å². The predicted octanol–water partition coefficient (Wildman–Crippen LogP) is 5.30. The average molecular weight is 413 g/mol. The molecule has 0 aliphatic heterocycles. The Morgan fingerprint density at radius 3 is 2.57 bits per heavy atom. The number of nitro groups is 1. The number of thiophene rings is 1. The molecular formula is C20H20N4O2S2. The zero-order valence-corrected chi connectivity index (χ0v) is 16.9. The van der Waals surface area contributed by atoms with Crippen molar-refractivity contribution < 1.29 is 4.92 Å². The van der Waals surface area contributed by atoms with Gasteiger partial charge in [-0.05, 0) is 36.4 Å². The van der Waals surface area contributed by atoms with E-state index in [1.807, 2.05) is 33.8 Å². The number of nitrogens with zero attached hydrogens (tertiary/aromatic N) is 4. The summed E-state index contributed by atoms with van der Waals surface area (Å²) in [6, 6.07) is 10.9. The Balaban J connectivity index is 1.74. The summed E-state index contributed by atoms with van der Waals surface area (Å²) in [7, 11) is 0. The predicted molar refractivity (Wildman–Crippen MR) is 114 cm³/mol. The van der Waals surface area contributed by atoms with Crippen molar-refractivity contribution >= 4 is 34.6 Å². The van der Waals surface area contributed by atoms with Crippen molar-refractivity contribution in [3.05, 3.63) is 67.0 Å². The Hall–Kier alpha value is -2.58. The lowest BCUT2D eigenvalue weighted by Gasteiger charge is -2.16. The van der Waals surface area contributed by atoms with Crippen molar-refractivity contribution in [3.8, 4) is 11.3 Å². The third kappa shape index (κ3) is 4.28. The smallest absolute Gasteiger partial charge is 0.258 e. The first kappa shape index (κ1) is 18.8. The van der Waals surface area contributed by atoms with E-state index in [0.29, 0.717) is 6.04 Å². The minimum Gasteiger partial charge on any atom is -0.258 e. The molecule has 0 atom stereocenters. The first-order valence-electron chi connectivity index (χ1n) is 9.28. The summed E-state index contributed by atoms with van der Waals surface area (Å²) in [5.41, 5.74) is 1.86. The third-order valence-electron chi connectivity index (χ3n) is 4.77. The molecule has 1 fully saturated rings. The van der Waals surface area contributed by atoms with Gasteiger partial charge in [-0.25, -0.2) is 4.68 Å². The molecule has 0 N–H and O–H groups in total. The van der Waals surface area contributed by atoms with E-state index in [2.05, 4.69) is 0 Å². The second kappa shape index (κ2) is 8.62. The quantitative estimate of drug-likeness (QED) is 0.324. The zero-order valence-electron chi connectivity index (χ0n) is 15.2. The van der Waals surface area contributed by atoms with E-state index in [1.165, 1.54) is 31.4 Å². The van der Waals surface area contributed by atoms with Gasteiger partial charge < -0.3 is 0 Å². The topological polar surface area (TPSA) is 72.8 Å². The van der Waals surface area contributed by atoms with Gasteiger partial charge in [0.05, 0.1) is 22.9 Å². The molecule has 0 saturated heterocycles. The Morgan fingerprint density at radius 2 is 1.89 bits per heavy atom. The van der Waals surface area contributed by atoms with Crippen LogP contribution in [-0.2, 0) is 0 Å². The van der Waals surface area contributed by atoms with Gasteiger partial charge in [0.15, 0.2) is 0 Å². The van der Waals surface area contributed by atoms with Crippen molar-refractivity contribution in [2.75, 3.05) is 0 Å². The van der Waals surface area contributed by atoms with Gasteiger partial charge in [0.2, 0.25) is 4.80 Å². The lowest BCUT2D eigenvalue weighted by atomic mass is 9.96. The molecule has 0 radical (unpaired) electrons. The fourth-order valence-electron chi connectivity index (χ4n) is 3.30. The highest BCUT2D eigenvalue weighted by molar-refractivity contribution is 7.11. The molecule has 1 aliphatic rings. The normalized spacial score (nSPS) is 16.1. The Labute approximate surface area is 170 Å². The maximum atomic E-state index is 10.9. The van der Waals surface area contributed by atoms with Gasteiger partial charge in [0.25, 0.3) is 5.69 Å². The van der Waals surface area contributed by atoms with Crippen LogP contribution in [0, 0.1) is 10.1 Å². The summed E-state index contributed by atoms with van der Waals surface area (Å²) < 4.78 is 1.86. The van der Waals surface area contributed by atoms with Crippen molar-refractivity contribution in [2.24, 2.45) is 10.1 Å². The molecule has 0 amide bonds. The van der Waals surface area contributed by atoms with E-state index in [0.717, 1.165) is 33.8 Å². The van der Waals surface area contributed by atoms with Crippen LogP contribution in [0.25, 0.3) is 11.3 Å². The summed E-state index contributed by atoms with van der Waals surface area (Å²) in [5.74, 6) is 0. The fourth-order valence-corrected chi connectivity index (χ4v) is 4.79. The molecule has 1 aliphatic carbocycles. The highest BCUT2D eigenvalue weighted by Gasteiger charge is 2.14. The number of benzene rings is 1. The number of thiazole rings is 1. The molecule has 0 spiro atoms. The van der Waals surface area contributed by atoms with Crippen LogP contribution < -0.4 is 4.80 Å². The maximum Gasteiger partial charge on any atom is 0.269 e. The minimum atomic E-state index is -0.385.